The van der Waals surface area contributed by atoms with E-state index in [1.54, 1.807) is 6.92 Å². The molecule has 0 aliphatic rings. The molecule has 0 atom stereocenters. The van der Waals surface area contributed by atoms with Crippen molar-refractivity contribution in [2.45, 2.75) is 13.5 Å². The fourth-order valence-electron chi connectivity index (χ4n) is 2.04. The highest BCUT2D eigenvalue weighted by atomic mass is 32.1. The van der Waals surface area contributed by atoms with Gasteiger partial charge in [0.25, 0.3) is 5.56 Å². The van der Waals surface area contributed by atoms with Crippen LogP contribution in [-0.4, -0.2) is 37.4 Å². The smallest absolute Gasteiger partial charge is 0.267 e. The third-order valence-electron chi connectivity index (χ3n) is 3.13. The van der Waals surface area contributed by atoms with Crippen LogP contribution in [0.3, 0.4) is 0 Å². The van der Waals surface area contributed by atoms with Gasteiger partial charge >= 0.3 is 0 Å². The number of carbonyl (C=O) groups excluding carboxylic acids is 1. The van der Waals surface area contributed by atoms with Gasteiger partial charge in [-0.1, -0.05) is 11.3 Å². The Morgan fingerprint density at radius 2 is 2.08 bits per heavy atom. The monoisotopic (exact) mass is 360 g/mol. The molecule has 0 radical (unpaired) electrons. The van der Waals surface area contributed by atoms with Gasteiger partial charge in [-0.25, -0.2) is 9.07 Å². The van der Waals surface area contributed by atoms with E-state index in [0.717, 1.165) is 10.9 Å². The molecule has 0 saturated heterocycles. The van der Waals surface area contributed by atoms with Crippen molar-refractivity contribution in [2.75, 3.05) is 6.54 Å². The van der Waals surface area contributed by atoms with Crippen LogP contribution in [0.4, 0.5) is 4.39 Å². The molecule has 3 aromatic heterocycles. The van der Waals surface area contributed by atoms with Crippen molar-refractivity contribution in [3.8, 4) is 21.3 Å². The first-order valence-corrected chi connectivity index (χ1v) is 8.18. The highest BCUT2D eigenvalue weighted by Crippen LogP contribution is 2.28. The van der Waals surface area contributed by atoms with Crippen molar-refractivity contribution >= 4 is 17.2 Å². The number of likely N-dealkylation sites (N-methyl/N-ethyl adjacent to an activating group) is 1. The first-order valence-electron chi connectivity index (χ1n) is 7.36. The van der Waals surface area contributed by atoms with Gasteiger partial charge in [0, 0.05) is 24.4 Å². The second-order valence-electron chi connectivity index (χ2n) is 4.97. The minimum atomic E-state index is -0.470. The lowest BCUT2D eigenvalue weighted by molar-refractivity contribution is -0.121. The molecule has 1 N–H and O–H groups in total. The molecule has 10 heteroatoms. The quantitative estimate of drug-likeness (QED) is 0.731. The van der Waals surface area contributed by atoms with Gasteiger partial charge in [0.1, 0.15) is 23.1 Å². The Kier molecular flexibility index (Phi) is 4.89. The summed E-state index contributed by atoms with van der Waals surface area (Å²) in [6.07, 6.45) is 2.58. The van der Waals surface area contributed by atoms with Crippen LogP contribution < -0.4 is 10.9 Å². The van der Waals surface area contributed by atoms with Gasteiger partial charge in [0.2, 0.25) is 5.91 Å². The van der Waals surface area contributed by atoms with Crippen LogP contribution in [0.25, 0.3) is 21.3 Å². The molecule has 3 heterocycles. The molecule has 8 nitrogen and oxygen atoms in total. The lowest BCUT2D eigenvalue weighted by Crippen LogP contribution is -2.33. The number of aromatic nitrogens is 5. The maximum Gasteiger partial charge on any atom is 0.267 e. The summed E-state index contributed by atoms with van der Waals surface area (Å²) in [5, 5.41) is 15.7. The van der Waals surface area contributed by atoms with Crippen molar-refractivity contribution in [2.24, 2.45) is 0 Å². The molecule has 3 rings (SSSR count). The van der Waals surface area contributed by atoms with Crippen molar-refractivity contribution < 1.29 is 9.18 Å². The summed E-state index contributed by atoms with van der Waals surface area (Å²) >= 11 is 1.18. The number of carbonyl (C=O) groups is 1. The fraction of sp³-hybridized carbons (Fsp3) is 0.200. The van der Waals surface area contributed by atoms with E-state index in [0.29, 0.717) is 27.8 Å². The Hall–Kier alpha value is -3.01. The predicted molar refractivity (Wildman–Crippen MR) is 89.3 cm³/mol. The summed E-state index contributed by atoms with van der Waals surface area (Å²) in [5.74, 6) is -0.777. The fourth-order valence-corrected chi connectivity index (χ4v) is 2.83. The van der Waals surface area contributed by atoms with Crippen molar-refractivity contribution in [1.82, 2.24) is 30.3 Å². The minimum absolute atomic E-state index is 0.181. The Morgan fingerprint density at radius 3 is 2.84 bits per heavy atom. The van der Waals surface area contributed by atoms with Gasteiger partial charge in [-0.15, -0.1) is 10.2 Å². The number of halogens is 1. The molecule has 3 aromatic rings. The molecule has 0 aromatic carbocycles. The molecule has 128 valence electrons. The number of nitrogens with zero attached hydrogens (tertiary/aromatic N) is 5. The van der Waals surface area contributed by atoms with E-state index in [4.69, 9.17) is 0 Å². The number of nitrogens with one attached hydrogen (secondary N) is 1. The summed E-state index contributed by atoms with van der Waals surface area (Å²) in [7, 11) is 0. The van der Waals surface area contributed by atoms with E-state index in [1.165, 1.54) is 35.7 Å². The highest BCUT2D eigenvalue weighted by Gasteiger charge is 2.13. The van der Waals surface area contributed by atoms with Crippen LogP contribution in [0.15, 0.2) is 35.4 Å². The SMILES string of the molecule is CCNC(=O)Cn1nc(-c2nnc(-c3cncc(F)c3)s2)ccc1=O. The third kappa shape index (κ3) is 3.91. The van der Waals surface area contributed by atoms with Gasteiger partial charge < -0.3 is 5.32 Å². The highest BCUT2D eigenvalue weighted by molar-refractivity contribution is 7.17. The number of hydrogen-bond donors (Lipinski definition) is 1. The van der Waals surface area contributed by atoms with Crippen molar-refractivity contribution in [1.29, 1.82) is 0 Å². The lowest BCUT2D eigenvalue weighted by Gasteiger charge is -2.05. The average Bonchev–Trinajstić information content (AvgIpc) is 3.07. The lowest BCUT2D eigenvalue weighted by atomic mass is 10.3. The molecule has 0 unspecified atom stereocenters. The second kappa shape index (κ2) is 7.26. The summed E-state index contributed by atoms with van der Waals surface area (Å²) < 4.78 is 14.3. The normalized spacial score (nSPS) is 10.6. The number of amides is 1. The first kappa shape index (κ1) is 16.8. The molecule has 0 aliphatic heterocycles. The summed E-state index contributed by atoms with van der Waals surface area (Å²) in [5.41, 5.74) is 0.505. The van der Waals surface area contributed by atoms with Gasteiger partial charge in [0.15, 0.2) is 5.01 Å². The van der Waals surface area contributed by atoms with Gasteiger partial charge in [0.05, 0.1) is 6.20 Å². The standard InChI is InChI=1S/C15H13FN6O2S/c1-2-18-12(23)8-22-13(24)4-3-11(21-22)15-20-19-14(25-15)9-5-10(16)7-17-6-9/h3-7H,2,8H2,1H3,(H,18,23). The molecule has 0 spiro atoms. The van der Waals surface area contributed by atoms with E-state index in [2.05, 4.69) is 25.6 Å². The average molecular weight is 360 g/mol. The van der Waals surface area contributed by atoms with Crippen LogP contribution >= 0.6 is 11.3 Å². The van der Waals surface area contributed by atoms with Gasteiger partial charge in [-0.05, 0) is 19.1 Å². The predicted octanol–water partition coefficient (Wildman–Crippen LogP) is 1.10. The molecule has 1 amide bonds. The minimum Gasteiger partial charge on any atom is -0.355 e. The molecule has 0 saturated carbocycles. The molecule has 0 fully saturated rings. The van der Waals surface area contributed by atoms with E-state index >= 15 is 0 Å². The molecule has 0 aliphatic carbocycles. The van der Waals surface area contributed by atoms with Gasteiger partial charge in [-0.2, -0.15) is 5.10 Å². The Bertz CT molecular complexity index is 970. The molecule has 0 bridgehead atoms. The van der Waals surface area contributed by atoms with E-state index < -0.39 is 11.4 Å². The van der Waals surface area contributed by atoms with Crippen molar-refractivity contribution in [3.05, 3.63) is 46.8 Å². The molecule has 25 heavy (non-hydrogen) atoms. The van der Waals surface area contributed by atoms with Crippen LogP contribution in [0, 0.1) is 5.82 Å². The molecular weight excluding hydrogens is 347 g/mol. The Labute approximate surface area is 145 Å². The zero-order chi connectivity index (χ0) is 17.8. The van der Waals surface area contributed by atoms with Gasteiger partial charge in [-0.3, -0.25) is 14.6 Å². The summed E-state index contributed by atoms with van der Waals surface area (Å²) in [6.45, 7) is 2.07. The Morgan fingerprint density at radius 1 is 1.28 bits per heavy atom. The summed E-state index contributed by atoms with van der Waals surface area (Å²) in [6, 6.07) is 4.12. The third-order valence-corrected chi connectivity index (χ3v) is 4.12. The second-order valence-corrected chi connectivity index (χ2v) is 5.95. The van der Waals surface area contributed by atoms with Crippen molar-refractivity contribution in [3.63, 3.8) is 0 Å². The van der Waals surface area contributed by atoms with Crippen LogP contribution in [-0.2, 0) is 11.3 Å². The van der Waals surface area contributed by atoms with E-state index in [9.17, 15) is 14.0 Å². The number of hydrogen-bond acceptors (Lipinski definition) is 7. The van der Waals surface area contributed by atoms with E-state index in [1.807, 2.05) is 0 Å². The maximum absolute atomic E-state index is 13.3. The number of rotatable bonds is 5. The number of pyridine rings is 1. The first-order chi connectivity index (χ1) is 12.1. The zero-order valence-corrected chi connectivity index (χ0v) is 14.0. The van der Waals surface area contributed by atoms with Crippen LogP contribution in [0.1, 0.15) is 6.92 Å². The topological polar surface area (TPSA) is 103 Å². The largest absolute Gasteiger partial charge is 0.355 e. The Balaban J connectivity index is 1.90. The maximum atomic E-state index is 13.3. The van der Waals surface area contributed by atoms with E-state index in [-0.39, 0.29) is 12.5 Å². The summed E-state index contributed by atoms with van der Waals surface area (Å²) in [4.78, 5) is 27.3. The zero-order valence-electron chi connectivity index (χ0n) is 13.1. The van der Waals surface area contributed by atoms with Crippen LogP contribution in [0.5, 0.6) is 0 Å². The molecular formula is C15H13FN6O2S. The van der Waals surface area contributed by atoms with Crippen LogP contribution in [0.2, 0.25) is 0 Å².